The summed E-state index contributed by atoms with van der Waals surface area (Å²) in [5.41, 5.74) is 11.1. The maximum absolute atomic E-state index is 5.67. The Kier molecular flexibility index (Phi) is 4.09. The lowest BCUT2D eigenvalue weighted by atomic mass is 9.97. The minimum atomic E-state index is 0.242. The number of nitrogens with one attached hydrogen (secondary N) is 1. The summed E-state index contributed by atoms with van der Waals surface area (Å²) >= 11 is 0. The van der Waals surface area contributed by atoms with Crippen LogP contribution in [0, 0.1) is 0 Å². The second kappa shape index (κ2) is 6.91. The van der Waals surface area contributed by atoms with Gasteiger partial charge < -0.3 is 15.8 Å². The third-order valence-electron chi connectivity index (χ3n) is 5.04. The SMILES string of the molecule is COc1ccc2cc(C3=NCc4ccc(Nc5ccnc(N)n5)cc43)ccc2c1. The Morgan fingerprint density at radius 3 is 2.69 bits per heavy atom. The number of aliphatic imine (C=N–C) groups is 1. The fourth-order valence-corrected chi connectivity index (χ4v) is 3.60. The molecule has 0 bridgehead atoms. The van der Waals surface area contributed by atoms with E-state index in [2.05, 4.69) is 51.7 Å². The van der Waals surface area contributed by atoms with Gasteiger partial charge >= 0.3 is 0 Å². The molecule has 0 saturated carbocycles. The zero-order chi connectivity index (χ0) is 19.8. The molecule has 1 aromatic heterocycles. The molecule has 0 radical (unpaired) electrons. The Morgan fingerprint density at radius 1 is 0.966 bits per heavy atom. The van der Waals surface area contributed by atoms with Gasteiger partial charge in [0.1, 0.15) is 11.6 Å². The summed E-state index contributed by atoms with van der Waals surface area (Å²) < 4.78 is 5.32. The predicted octanol–water partition coefficient (Wildman–Crippen LogP) is 4.32. The van der Waals surface area contributed by atoms with Crippen LogP contribution in [0.4, 0.5) is 17.5 Å². The number of benzene rings is 3. The van der Waals surface area contributed by atoms with Gasteiger partial charge in [0.25, 0.3) is 0 Å². The summed E-state index contributed by atoms with van der Waals surface area (Å²) in [7, 11) is 1.68. The molecule has 3 aromatic carbocycles. The van der Waals surface area contributed by atoms with Crippen molar-refractivity contribution in [3.05, 3.63) is 83.6 Å². The van der Waals surface area contributed by atoms with Crippen LogP contribution >= 0.6 is 0 Å². The van der Waals surface area contributed by atoms with Gasteiger partial charge in [0.15, 0.2) is 0 Å². The number of anilines is 3. The Balaban J connectivity index is 1.49. The van der Waals surface area contributed by atoms with Crippen LogP contribution in [0.15, 0.2) is 71.9 Å². The molecule has 0 aliphatic carbocycles. The molecule has 5 rings (SSSR count). The van der Waals surface area contributed by atoms with E-state index in [1.165, 1.54) is 5.56 Å². The summed E-state index contributed by atoms with van der Waals surface area (Å²) in [6.07, 6.45) is 1.63. The van der Waals surface area contributed by atoms with Crippen LogP contribution in [-0.2, 0) is 6.54 Å². The van der Waals surface area contributed by atoms with E-state index in [0.29, 0.717) is 12.4 Å². The number of methoxy groups -OCH3 is 1. The van der Waals surface area contributed by atoms with E-state index in [-0.39, 0.29) is 5.95 Å². The molecular formula is C23H19N5O. The molecule has 0 atom stereocenters. The Labute approximate surface area is 168 Å². The first-order valence-corrected chi connectivity index (χ1v) is 9.31. The van der Waals surface area contributed by atoms with Gasteiger partial charge in [0, 0.05) is 23.0 Å². The summed E-state index contributed by atoms with van der Waals surface area (Å²) in [6.45, 7) is 0.687. The van der Waals surface area contributed by atoms with Crippen molar-refractivity contribution in [3.63, 3.8) is 0 Å². The minimum absolute atomic E-state index is 0.242. The highest BCUT2D eigenvalue weighted by Crippen LogP contribution is 2.29. The van der Waals surface area contributed by atoms with Gasteiger partial charge in [-0.2, -0.15) is 4.98 Å². The molecule has 6 nitrogen and oxygen atoms in total. The maximum Gasteiger partial charge on any atom is 0.221 e. The minimum Gasteiger partial charge on any atom is -0.497 e. The molecule has 1 aliphatic rings. The molecule has 0 spiro atoms. The van der Waals surface area contributed by atoms with Crippen molar-refractivity contribution in [3.8, 4) is 5.75 Å². The fourth-order valence-electron chi connectivity index (χ4n) is 3.60. The van der Waals surface area contributed by atoms with Crippen LogP contribution in [0.5, 0.6) is 5.75 Å². The van der Waals surface area contributed by atoms with Crippen molar-refractivity contribution in [2.75, 3.05) is 18.2 Å². The molecule has 1 aliphatic heterocycles. The van der Waals surface area contributed by atoms with Gasteiger partial charge in [-0.15, -0.1) is 0 Å². The highest BCUT2D eigenvalue weighted by molar-refractivity contribution is 6.16. The van der Waals surface area contributed by atoms with Crippen molar-refractivity contribution in [2.24, 2.45) is 4.99 Å². The fraction of sp³-hybridized carbons (Fsp3) is 0.0870. The third kappa shape index (κ3) is 3.25. The quantitative estimate of drug-likeness (QED) is 0.550. The topological polar surface area (TPSA) is 85.4 Å². The van der Waals surface area contributed by atoms with Crippen molar-refractivity contribution < 1.29 is 4.74 Å². The van der Waals surface area contributed by atoms with E-state index in [0.717, 1.165) is 39.0 Å². The first-order valence-electron chi connectivity index (χ1n) is 9.31. The van der Waals surface area contributed by atoms with Crippen molar-refractivity contribution in [1.29, 1.82) is 0 Å². The predicted molar refractivity (Wildman–Crippen MR) is 116 cm³/mol. The summed E-state index contributed by atoms with van der Waals surface area (Å²) in [5.74, 6) is 1.76. The van der Waals surface area contributed by atoms with E-state index in [9.17, 15) is 0 Å². The molecular weight excluding hydrogens is 362 g/mol. The number of hydrogen-bond donors (Lipinski definition) is 2. The van der Waals surface area contributed by atoms with Gasteiger partial charge in [-0.1, -0.05) is 24.3 Å². The van der Waals surface area contributed by atoms with Crippen molar-refractivity contribution >= 4 is 33.9 Å². The van der Waals surface area contributed by atoms with E-state index in [4.69, 9.17) is 15.5 Å². The maximum atomic E-state index is 5.67. The second-order valence-electron chi connectivity index (χ2n) is 6.89. The smallest absolute Gasteiger partial charge is 0.221 e. The average molecular weight is 381 g/mol. The Hall–Kier alpha value is -3.93. The summed E-state index contributed by atoms with van der Waals surface area (Å²) in [4.78, 5) is 12.9. The molecule has 0 unspecified atom stereocenters. The van der Waals surface area contributed by atoms with E-state index in [1.54, 1.807) is 19.4 Å². The Bertz CT molecular complexity index is 1270. The zero-order valence-electron chi connectivity index (χ0n) is 15.9. The average Bonchev–Trinajstić information content (AvgIpc) is 3.16. The van der Waals surface area contributed by atoms with E-state index >= 15 is 0 Å². The van der Waals surface area contributed by atoms with Crippen molar-refractivity contribution in [1.82, 2.24) is 9.97 Å². The Morgan fingerprint density at radius 2 is 1.83 bits per heavy atom. The molecule has 4 aromatic rings. The third-order valence-corrected chi connectivity index (χ3v) is 5.04. The van der Waals surface area contributed by atoms with E-state index in [1.807, 2.05) is 18.2 Å². The highest BCUT2D eigenvalue weighted by Gasteiger charge is 2.18. The van der Waals surface area contributed by atoms with Crippen LogP contribution in [0.3, 0.4) is 0 Å². The lowest BCUT2D eigenvalue weighted by Crippen LogP contribution is -2.03. The molecule has 0 saturated heterocycles. The van der Waals surface area contributed by atoms with Crippen LogP contribution in [0.1, 0.15) is 16.7 Å². The second-order valence-corrected chi connectivity index (χ2v) is 6.89. The van der Waals surface area contributed by atoms with Gasteiger partial charge in [-0.05, 0) is 52.7 Å². The molecule has 142 valence electrons. The lowest BCUT2D eigenvalue weighted by Gasteiger charge is -2.10. The molecule has 6 heteroatoms. The van der Waals surface area contributed by atoms with Gasteiger partial charge in [0.05, 0.1) is 19.4 Å². The number of nitrogens with zero attached hydrogens (tertiary/aromatic N) is 3. The molecule has 0 amide bonds. The highest BCUT2D eigenvalue weighted by atomic mass is 16.5. The normalized spacial score (nSPS) is 12.5. The number of ether oxygens (including phenoxy) is 1. The van der Waals surface area contributed by atoms with Crippen LogP contribution in [0.2, 0.25) is 0 Å². The number of aromatic nitrogens is 2. The van der Waals surface area contributed by atoms with Crippen LogP contribution in [-0.4, -0.2) is 22.8 Å². The van der Waals surface area contributed by atoms with Gasteiger partial charge in [-0.25, -0.2) is 4.98 Å². The standard InChI is InChI=1S/C23H19N5O/c1-29-19-7-5-14-10-16(3-2-15(14)11-19)22-20-12-18(6-4-17(20)13-26-22)27-21-8-9-25-23(24)28-21/h2-12H,13H2,1H3,(H3,24,25,27,28). The zero-order valence-corrected chi connectivity index (χ0v) is 15.9. The number of rotatable bonds is 4. The number of hydrogen-bond acceptors (Lipinski definition) is 6. The molecule has 0 fully saturated rings. The van der Waals surface area contributed by atoms with Crippen LogP contribution in [0.25, 0.3) is 10.8 Å². The summed E-state index contributed by atoms with van der Waals surface area (Å²) in [6, 6.07) is 20.5. The monoisotopic (exact) mass is 381 g/mol. The molecule has 2 heterocycles. The lowest BCUT2D eigenvalue weighted by molar-refractivity contribution is 0.415. The van der Waals surface area contributed by atoms with Gasteiger partial charge in [0.2, 0.25) is 5.95 Å². The number of nitrogens with two attached hydrogens (primary N) is 1. The van der Waals surface area contributed by atoms with E-state index < -0.39 is 0 Å². The van der Waals surface area contributed by atoms with Gasteiger partial charge in [-0.3, -0.25) is 4.99 Å². The number of nitrogen functional groups attached to an aromatic ring is 1. The first-order chi connectivity index (χ1) is 14.2. The van der Waals surface area contributed by atoms with Crippen LogP contribution < -0.4 is 15.8 Å². The number of fused-ring (bicyclic) bond motifs is 2. The van der Waals surface area contributed by atoms with Crippen molar-refractivity contribution in [2.45, 2.75) is 6.54 Å². The molecule has 29 heavy (non-hydrogen) atoms. The summed E-state index contributed by atoms with van der Waals surface area (Å²) in [5, 5.41) is 5.59. The first kappa shape index (κ1) is 17.2. The molecule has 3 N–H and O–H groups in total. The largest absolute Gasteiger partial charge is 0.497 e.